The number of aliphatic hydroxyl groups excluding tert-OH is 1. The maximum absolute atomic E-state index is 11.9. The number of rotatable bonds is 5. The second-order valence-corrected chi connectivity index (χ2v) is 3.81. The zero-order valence-corrected chi connectivity index (χ0v) is 9.94. The number of amides is 1. The summed E-state index contributed by atoms with van der Waals surface area (Å²) in [7, 11) is 0. The first-order valence-corrected chi connectivity index (χ1v) is 5.67. The van der Waals surface area contributed by atoms with E-state index in [4.69, 9.17) is 5.11 Å². The Morgan fingerprint density at radius 2 is 2.06 bits per heavy atom. The van der Waals surface area contributed by atoms with Crippen LogP contribution < -0.4 is 4.90 Å². The first kappa shape index (κ1) is 12.7. The van der Waals surface area contributed by atoms with Crippen LogP contribution in [0.1, 0.15) is 25.3 Å². The third kappa shape index (κ3) is 3.07. The maximum Gasteiger partial charge on any atom is 0.227 e. The molecule has 3 nitrogen and oxygen atoms in total. The van der Waals surface area contributed by atoms with Crippen molar-refractivity contribution in [1.82, 2.24) is 0 Å². The predicted octanol–water partition coefficient (Wildman–Crippen LogP) is 2.12. The van der Waals surface area contributed by atoms with Gasteiger partial charge < -0.3 is 10.0 Å². The van der Waals surface area contributed by atoms with E-state index in [9.17, 15) is 4.79 Å². The van der Waals surface area contributed by atoms with E-state index < -0.39 is 0 Å². The van der Waals surface area contributed by atoms with Gasteiger partial charge in [-0.1, -0.05) is 25.1 Å². The highest BCUT2D eigenvalue weighted by atomic mass is 16.3. The highest BCUT2D eigenvalue weighted by Gasteiger charge is 2.15. The standard InChI is InChI=1S/C13H19NO2/c1-3-6-13(16)14(9-10-15)12-8-5-4-7-11(12)2/h4-5,7-8,15H,3,6,9-10H2,1-2H3. The van der Waals surface area contributed by atoms with Crippen LogP contribution in [0.5, 0.6) is 0 Å². The lowest BCUT2D eigenvalue weighted by atomic mass is 10.1. The van der Waals surface area contributed by atoms with Crippen LogP contribution in [0.2, 0.25) is 0 Å². The summed E-state index contributed by atoms with van der Waals surface area (Å²) in [5.74, 6) is 0.0749. The lowest BCUT2D eigenvalue weighted by molar-refractivity contribution is -0.118. The average Bonchev–Trinajstić information content (AvgIpc) is 2.27. The van der Waals surface area contributed by atoms with E-state index in [1.54, 1.807) is 4.90 Å². The van der Waals surface area contributed by atoms with Crippen molar-refractivity contribution in [2.45, 2.75) is 26.7 Å². The lowest BCUT2D eigenvalue weighted by Crippen LogP contribution is -2.33. The third-order valence-electron chi connectivity index (χ3n) is 2.49. The molecule has 0 bridgehead atoms. The quantitative estimate of drug-likeness (QED) is 0.827. The fourth-order valence-electron chi connectivity index (χ4n) is 1.69. The predicted molar refractivity (Wildman–Crippen MR) is 65.5 cm³/mol. The minimum absolute atomic E-state index is 0.0101. The molecule has 0 aliphatic carbocycles. The van der Waals surface area contributed by atoms with Crippen LogP contribution in [0.25, 0.3) is 0 Å². The van der Waals surface area contributed by atoms with Crippen molar-refractivity contribution in [3.63, 3.8) is 0 Å². The van der Waals surface area contributed by atoms with E-state index in [2.05, 4.69) is 0 Å². The highest BCUT2D eigenvalue weighted by Crippen LogP contribution is 2.20. The van der Waals surface area contributed by atoms with Crippen LogP contribution >= 0.6 is 0 Å². The van der Waals surface area contributed by atoms with Crippen LogP contribution in [-0.4, -0.2) is 24.2 Å². The number of carbonyl (C=O) groups excluding carboxylic acids is 1. The van der Waals surface area contributed by atoms with Gasteiger partial charge in [0.05, 0.1) is 6.61 Å². The Hall–Kier alpha value is -1.35. The molecule has 0 saturated carbocycles. The highest BCUT2D eigenvalue weighted by molar-refractivity contribution is 5.94. The monoisotopic (exact) mass is 221 g/mol. The number of hydrogen-bond acceptors (Lipinski definition) is 2. The maximum atomic E-state index is 11.9. The molecule has 0 unspecified atom stereocenters. The molecule has 1 amide bonds. The van der Waals surface area contributed by atoms with Crippen molar-refractivity contribution in [3.8, 4) is 0 Å². The molecule has 1 aromatic carbocycles. The van der Waals surface area contributed by atoms with Crippen LogP contribution in [0, 0.1) is 6.92 Å². The molecule has 1 aromatic rings. The number of aliphatic hydroxyl groups is 1. The molecule has 0 aliphatic heterocycles. The number of hydrogen-bond donors (Lipinski definition) is 1. The van der Waals surface area contributed by atoms with E-state index in [-0.39, 0.29) is 12.5 Å². The Morgan fingerprint density at radius 1 is 1.38 bits per heavy atom. The lowest BCUT2D eigenvalue weighted by Gasteiger charge is -2.23. The van der Waals surface area contributed by atoms with Crippen LogP contribution in [0.4, 0.5) is 5.69 Å². The summed E-state index contributed by atoms with van der Waals surface area (Å²) >= 11 is 0. The fraction of sp³-hybridized carbons (Fsp3) is 0.462. The SMILES string of the molecule is CCCC(=O)N(CCO)c1ccccc1C. The van der Waals surface area contributed by atoms with Gasteiger partial charge in [-0.2, -0.15) is 0 Å². The molecule has 0 atom stereocenters. The van der Waals surface area contributed by atoms with Crippen molar-refractivity contribution in [2.75, 3.05) is 18.1 Å². The van der Waals surface area contributed by atoms with Crippen molar-refractivity contribution in [1.29, 1.82) is 0 Å². The third-order valence-corrected chi connectivity index (χ3v) is 2.49. The van der Waals surface area contributed by atoms with E-state index in [0.717, 1.165) is 17.7 Å². The van der Waals surface area contributed by atoms with Crippen molar-refractivity contribution >= 4 is 11.6 Å². The number of benzene rings is 1. The molecule has 1 N–H and O–H groups in total. The van der Waals surface area contributed by atoms with Gasteiger partial charge in [-0.3, -0.25) is 4.79 Å². The molecule has 0 saturated heterocycles. The molecule has 1 rings (SSSR count). The topological polar surface area (TPSA) is 40.5 Å². The summed E-state index contributed by atoms with van der Waals surface area (Å²) in [6, 6.07) is 7.74. The van der Waals surface area contributed by atoms with Gasteiger partial charge >= 0.3 is 0 Å². The van der Waals surface area contributed by atoms with Gasteiger partial charge in [0.1, 0.15) is 0 Å². The molecule has 0 aromatic heterocycles. The zero-order chi connectivity index (χ0) is 12.0. The first-order chi connectivity index (χ1) is 7.70. The molecular formula is C13H19NO2. The molecule has 0 radical (unpaired) electrons. The van der Waals surface area contributed by atoms with Gasteiger partial charge in [-0.25, -0.2) is 0 Å². The second kappa shape index (κ2) is 6.28. The Balaban J connectivity index is 2.93. The van der Waals surface area contributed by atoms with Gasteiger partial charge in [0.2, 0.25) is 5.91 Å². The molecule has 0 fully saturated rings. The van der Waals surface area contributed by atoms with E-state index in [0.29, 0.717) is 13.0 Å². The average molecular weight is 221 g/mol. The largest absolute Gasteiger partial charge is 0.395 e. The normalized spacial score (nSPS) is 10.2. The summed E-state index contributed by atoms with van der Waals surface area (Å²) in [6.45, 7) is 4.30. The van der Waals surface area contributed by atoms with Crippen LogP contribution in [-0.2, 0) is 4.79 Å². The van der Waals surface area contributed by atoms with E-state index in [1.807, 2.05) is 38.1 Å². The van der Waals surface area contributed by atoms with Crippen LogP contribution in [0.15, 0.2) is 24.3 Å². The van der Waals surface area contributed by atoms with Gasteiger partial charge in [-0.15, -0.1) is 0 Å². The number of aryl methyl sites for hydroxylation is 1. The van der Waals surface area contributed by atoms with Gasteiger partial charge in [-0.05, 0) is 25.0 Å². The van der Waals surface area contributed by atoms with Crippen LogP contribution in [0.3, 0.4) is 0 Å². The number of carbonyl (C=O) groups is 1. The molecule has 0 spiro atoms. The molecule has 88 valence electrons. The van der Waals surface area contributed by atoms with E-state index in [1.165, 1.54) is 0 Å². The minimum Gasteiger partial charge on any atom is -0.395 e. The molecule has 0 heterocycles. The van der Waals surface area contributed by atoms with Gasteiger partial charge in [0.25, 0.3) is 0 Å². The Labute approximate surface area is 96.7 Å². The molecule has 16 heavy (non-hydrogen) atoms. The molecule has 3 heteroatoms. The smallest absolute Gasteiger partial charge is 0.227 e. The van der Waals surface area contributed by atoms with Gasteiger partial charge in [0, 0.05) is 18.7 Å². The Bertz CT molecular complexity index is 350. The second-order valence-electron chi connectivity index (χ2n) is 3.81. The summed E-state index contributed by atoms with van der Waals surface area (Å²) in [4.78, 5) is 13.6. The van der Waals surface area contributed by atoms with E-state index >= 15 is 0 Å². The van der Waals surface area contributed by atoms with Crippen molar-refractivity contribution in [3.05, 3.63) is 29.8 Å². The van der Waals surface area contributed by atoms with Crippen molar-refractivity contribution in [2.24, 2.45) is 0 Å². The summed E-state index contributed by atoms with van der Waals surface area (Å²) in [6.07, 6.45) is 1.35. The number of anilines is 1. The summed E-state index contributed by atoms with van der Waals surface area (Å²) in [5, 5.41) is 9.01. The zero-order valence-electron chi connectivity index (χ0n) is 9.94. The first-order valence-electron chi connectivity index (χ1n) is 5.67. The molecule has 0 aliphatic rings. The molecular weight excluding hydrogens is 202 g/mol. The van der Waals surface area contributed by atoms with Gasteiger partial charge in [0.15, 0.2) is 0 Å². The number of para-hydroxylation sites is 1. The number of nitrogens with zero attached hydrogens (tertiary/aromatic N) is 1. The fourth-order valence-corrected chi connectivity index (χ4v) is 1.69. The minimum atomic E-state index is -0.0101. The summed E-state index contributed by atoms with van der Waals surface area (Å²) in [5.41, 5.74) is 1.95. The van der Waals surface area contributed by atoms with Crippen molar-refractivity contribution < 1.29 is 9.90 Å². The summed E-state index contributed by atoms with van der Waals surface area (Å²) < 4.78 is 0. The Kier molecular flexibility index (Phi) is 4.99. The Morgan fingerprint density at radius 3 is 2.62 bits per heavy atom.